The maximum Gasteiger partial charge on any atom is 0.223 e. The van der Waals surface area contributed by atoms with Crippen LogP contribution in [0.5, 0.6) is 17.2 Å². The average Bonchev–Trinajstić information content (AvgIpc) is 2.89. The molecule has 8 nitrogen and oxygen atoms in total. The van der Waals surface area contributed by atoms with Crippen molar-refractivity contribution in [2.45, 2.75) is 32.6 Å². The zero-order chi connectivity index (χ0) is 25.2. The van der Waals surface area contributed by atoms with Crippen LogP contribution in [0.3, 0.4) is 0 Å². The first-order chi connectivity index (χ1) is 16.9. The Morgan fingerprint density at radius 1 is 0.800 bits per heavy atom. The van der Waals surface area contributed by atoms with Crippen LogP contribution in [0.4, 0.5) is 0 Å². The van der Waals surface area contributed by atoms with Crippen molar-refractivity contribution < 1.29 is 28.6 Å². The van der Waals surface area contributed by atoms with E-state index < -0.39 is 0 Å². The van der Waals surface area contributed by atoms with Gasteiger partial charge >= 0.3 is 0 Å². The summed E-state index contributed by atoms with van der Waals surface area (Å²) in [6, 6.07) is 12.8. The summed E-state index contributed by atoms with van der Waals surface area (Å²) in [6.07, 6.45) is 2.08. The number of Topliss-reactive ketones (excluding diaryl/α,β-unsaturated/α-hetero) is 1. The normalized spacial score (nSPS) is 13.3. The van der Waals surface area contributed by atoms with Crippen LogP contribution in [-0.2, 0) is 16.0 Å². The Balaban J connectivity index is 1.35. The van der Waals surface area contributed by atoms with E-state index >= 15 is 0 Å². The van der Waals surface area contributed by atoms with Crippen molar-refractivity contribution in [3.63, 3.8) is 0 Å². The fourth-order valence-electron chi connectivity index (χ4n) is 3.98. The number of carbonyl (C=O) groups is 3. The molecule has 0 radical (unpaired) electrons. The second kappa shape index (κ2) is 12.8. The lowest BCUT2D eigenvalue weighted by atomic mass is 10.1. The van der Waals surface area contributed by atoms with Crippen molar-refractivity contribution in [3.05, 3.63) is 53.6 Å². The summed E-state index contributed by atoms with van der Waals surface area (Å²) in [7, 11) is 3.16. The number of methoxy groups -OCH3 is 2. The number of ether oxygens (including phenoxy) is 3. The molecule has 0 aromatic heterocycles. The van der Waals surface area contributed by atoms with E-state index in [0.29, 0.717) is 75.5 Å². The SMILES string of the molecule is COc1ccc(CCC(=O)N2CCN(C(=O)CCCOc3ccc(C(C)=O)cc3OC)CC2)cc1. The van der Waals surface area contributed by atoms with Crippen molar-refractivity contribution in [2.75, 3.05) is 47.0 Å². The third-order valence-electron chi connectivity index (χ3n) is 6.13. The summed E-state index contributed by atoms with van der Waals surface area (Å²) in [5.41, 5.74) is 1.66. The Morgan fingerprint density at radius 3 is 2.00 bits per heavy atom. The van der Waals surface area contributed by atoms with Gasteiger partial charge in [0.1, 0.15) is 5.75 Å². The summed E-state index contributed by atoms with van der Waals surface area (Å²) in [5.74, 6) is 1.99. The molecule has 0 unspecified atom stereocenters. The molecule has 1 heterocycles. The topological polar surface area (TPSA) is 85.4 Å². The smallest absolute Gasteiger partial charge is 0.223 e. The van der Waals surface area contributed by atoms with E-state index in [0.717, 1.165) is 11.3 Å². The van der Waals surface area contributed by atoms with E-state index in [9.17, 15) is 14.4 Å². The summed E-state index contributed by atoms with van der Waals surface area (Å²) in [6.45, 7) is 4.08. The number of nitrogens with zero attached hydrogens (tertiary/aromatic N) is 2. The van der Waals surface area contributed by atoms with Gasteiger partial charge in [-0.05, 0) is 55.7 Å². The first-order valence-electron chi connectivity index (χ1n) is 11.9. The summed E-state index contributed by atoms with van der Waals surface area (Å²) >= 11 is 0. The molecule has 2 aromatic carbocycles. The molecule has 1 aliphatic rings. The van der Waals surface area contributed by atoms with Crippen LogP contribution in [-0.4, -0.2) is 74.4 Å². The minimum Gasteiger partial charge on any atom is -0.497 e. The highest BCUT2D eigenvalue weighted by atomic mass is 16.5. The van der Waals surface area contributed by atoms with Gasteiger partial charge < -0.3 is 24.0 Å². The van der Waals surface area contributed by atoms with E-state index in [1.807, 2.05) is 34.1 Å². The molecule has 0 N–H and O–H groups in total. The second-order valence-corrected chi connectivity index (χ2v) is 8.48. The molecule has 8 heteroatoms. The lowest BCUT2D eigenvalue weighted by Gasteiger charge is -2.35. The van der Waals surface area contributed by atoms with Gasteiger partial charge in [-0.15, -0.1) is 0 Å². The number of hydrogen-bond acceptors (Lipinski definition) is 6. The van der Waals surface area contributed by atoms with Crippen LogP contribution in [0.1, 0.15) is 42.1 Å². The van der Waals surface area contributed by atoms with Crippen molar-refractivity contribution in [2.24, 2.45) is 0 Å². The van der Waals surface area contributed by atoms with Crippen LogP contribution >= 0.6 is 0 Å². The lowest BCUT2D eigenvalue weighted by molar-refractivity contribution is -0.139. The van der Waals surface area contributed by atoms with Crippen molar-refractivity contribution >= 4 is 17.6 Å². The zero-order valence-electron chi connectivity index (χ0n) is 20.7. The van der Waals surface area contributed by atoms with Gasteiger partial charge in [0, 0.05) is 44.6 Å². The van der Waals surface area contributed by atoms with Crippen LogP contribution in [0.15, 0.2) is 42.5 Å². The van der Waals surface area contributed by atoms with Crippen LogP contribution < -0.4 is 14.2 Å². The number of aryl methyl sites for hydroxylation is 1. The largest absolute Gasteiger partial charge is 0.497 e. The zero-order valence-corrected chi connectivity index (χ0v) is 20.7. The summed E-state index contributed by atoms with van der Waals surface area (Å²) < 4.78 is 16.2. The van der Waals surface area contributed by atoms with E-state index in [1.165, 1.54) is 14.0 Å². The Bertz CT molecular complexity index is 1010. The van der Waals surface area contributed by atoms with Gasteiger partial charge in [0.25, 0.3) is 0 Å². The van der Waals surface area contributed by atoms with Crippen molar-refractivity contribution in [3.8, 4) is 17.2 Å². The number of ketones is 1. The van der Waals surface area contributed by atoms with E-state index in [-0.39, 0.29) is 17.6 Å². The van der Waals surface area contributed by atoms with Crippen LogP contribution in [0.25, 0.3) is 0 Å². The van der Waals surface area contributed by atoms with Crippen molar-refractivity contribution in [1.29, 1.82) is 0 Å². The Labute approximate surface area is 206 Å². The van der Waals surface area contributed by atoms with Gasteiger partial charge in [-0.2, -0.15) is 0 Å². The highest BCUT2D eigenvalue weighted by molar-refractivity contribution is 5.94. The lowest BCUT2D eigenvalue weighted by Crippen LogP contribution is -2.50. The summed E-state index contributed by atoms with van der Waals surface area (Å²) in [4.78, 5) is 40.3. The first-order valence-corrected chi connectivity index (χ1v) is 11.9. The molecular weight excluding hydrogens is 448 g/mol. The molecule has 0 spiro atoms. The van der Waals surface area contributed by atoms with Crippen LogP contribution in [0, 0.1) is 0 Å². The molecule has 3 rings (SSSR count). The third-order valence-corrected chi connectivity index (χ3v) is 6.13. The molecule has 188 valence electrons. The van der Waals surface area contributed by atoms with Gasteiger partial charge in [-0.25, -0.2) is 0 Å². The van der Waals surface area contributed by atoms with E-state index in [2.05, 4.69) is 0 Å². The second-order valence-electron chi connectivity index (χ2n) is 8.48. The first kappa shape index (κ1) is 26.1. The minimum atomic E-state index is -0.0421. The van der Waals surface area contributed by atoms with Gasteiger partial charge in [0.15, 0.2) is 17.3 Å². The number of piperazine rings is 1. The van der Waals surface area contributed by atoms with Gasteiger partial charge in [0.05, 0.1) is 20.8 Å². The third kappa shape index (κ3) is 7.47. The van der Waals surface area contributed by atoms with E-state index in [1.54, 1.807) is 25.3 Å². The molecule has 0 atom stereocenters. The molecule has 1 fully saturated rings. The number of amides is 2. The van der Waals surface area contributed by atoms with Gasteiger partial charge in [0.2, 0.25) is 11.8 Å². The summed E-state index contributed by atoms with van der Waals surface area (Å²) in [5, 5.41) is 0. The number of rotatable bonds is 11. The molecule has 0 bridgehead atoms. The monoisotopic (exact) mass is 482 g/mol. The predicted molar refractivity (Wildman–Crippen MR) is 132 cm³/mol. The van der Waals surface area contributed by atoms with Gasteiger partial charge in [-0.3, -0.25) is 14.4 Å². The molecular formula is C27H34N2O6. The fraction of sp³-hybridized carbons (Fsp3) is 0.444. The highest BCUT2D eigenvalue weighted by Crippen LogP contribution is 2.28. The standard InChI is InChI=1S/C27H34N2O6/c1-20(30)22-9-12-24(25(19-22)34-3)35-18-4-5-26(31)28-14-16-29(17-15-28)27(32)13-8-21-6-10-23(33-2)11-7-21/h6-7,9-12,19H,4-5,8,13-18H2,1-3H3. The Hall–Kier alpha value is -3.55. The molecule has 1 aliphatic heterocycles. The number of benzene rings is 2. The molecule has 2 aromatic rings. The van der Waals surface area contributed by atoms with E-state index in [4.69, 9.17) is 14.2 Å². The Morgan fingerprint density at radius 2 is 1.43 bits per heavy atom. The van der Waals surface area contributed by atoms with Crippen molar-refractivity contribution in [1.82, 2.24) is 9.80 Å². The predicted octanol–water partition coefficient (Wildman–Crippen LogP) is 3.37. The minimum absolute atomic E-state index is 0.0421. The quantitative estimate of drug-likeness (QED) is 0.361. The average molecular weight is 483 g/mol. The maximum atomic E-state index is 12.6. The molecule has 35 heavy (non-hydrogen) atoms. The van der Waals surface area contributed by atoms with Crippen LogP contribution in [0.2, 0.25) is 0 Å². The highest BCUT2D eigenvalue weighted by Gasteiger charge is 2.23. The number of carbonyl (C=O) groups excluding carboxylic acids is 3. The van der Waals surface area contributed by atoms with Gasteiger partial charge in [-0.1, -0.05) is 12.1 Å². The molecule has 2 amide bonds. The maximum absolute atomic E-state index is 12.6. The Kier molecular flexibility index (Phi) is 9.52. The number of hydrogen-bond donors (Lipinski definition) is 0. The molecule has 1 saturated heterocycles. The molecule has 0 saturated carbocycles. The molecule has 0 aliphatic carbocycles. The fourth-order valence-corrected chi connectivity index (χ4v) is 3.98.